The number of aromatic nitrogens is 2. The van der Waals surface area contributed by atoms with Crippen LogP contribution < -0.4 is 5.73 Å². The third-order valence-electron chi connectivity index (χ3n) is 4.25. The summed E-state index contributed by atoms with van der Waals surface area (Å²) in [6, 6.07) is 6.98. The zero-order valence-corrected chi connectivity index (χ0v) is 14.2. The van der Waals surface area contributed by atoms with Crippen LogP contribution in [-0.2, 0) is 11.3 Å². The molecule has 0 unspecified atom stereocenters. The maximum absolute atomic E-state index is 12.7. The molecule has 1 fully saturated rings. The molecular weight excluding hydrogens is 328 g/mol. The topological polar surface area (TPSA) is 81.2 Å². The van der Waals surface area contributed by atoms with Crippen molar-refractivity contribution in [3.05, 3.63) is 52.3 Å². The molecule has 0 bridgehead atoms. The van der Waals surface area contributed by atoms with E-state index in [1.807, 2.05) is 24.3 Å². The Morgan fingerprint density at radius 2 is 2.21 bits per heavy atom. The van der Waals surface area contributed by atoms with E-state index in [4.69, 9.17) is 17.3 Å². The first kappa shape index (κ1) is 16.5. The summed E-state index contributed by atoms with van der Waals surface area (Å²) >= 11 is 6.00. The lowest BCUT2D eigenvalue weighted by Gasteiger charge is -2.21. The van der Waals surface area contributed by atoms with E-state index in [9.17, 15) is 9.59 Å². The minimum atomic E-state index is -0.520. The summed E-state index contributed by atoms with van der Waals surface area (Å²) in [5.41, 5.74) is 7.54. The van der Waals surface area contributed by atoms with E-state index in [-0.39, 0.29) is 5.91 Å². The van der Waals surface area contributed by atoms with Crippen molar-refractivity contribution in [2.24, 2.45) is 5.73 Å². The van der Waals surface area contributed by atoms with E-state index in [1.54, 1.807) is 22.7 Å². The average Bonchev–Trinajstić information content (AvgIpc) is 3.13. The Morgan fingerprint density at radius 1 is 1.42 bits per heavy atom. The van der Waals surface area contributed by atoms with E-state index in [0.717, 1.165) is 12.0 Å². The molecule has 2 heterocycles. The summed E-state index contributed by atoms with van der Waals surface area (Å²) in [6.45, 7) is 2.86. The number of likely N-dealkylation sites (tertiary alicyclic amines) is 1. The highest BCUT2D eigenvalue weighted by atomic mass is 35.5. The van der Waals surface area contributed by atoms with E-state index < -0.39 is 11.9 Å². The molecule has 1 atom stereocenters. The maximum Gasteiger partial charge on any atom is 0.258 e. The highest BCUT2D eigenvalue weighted by Crippen LogP contribution is 2.21. The van der Waals surface area contributed by atoms with Crippen LogP contribution in [0.1, 0.15) is 34.5 Å². The highest BCUT2D eigenvalue weighted by molar-refractivity contribution is 6.30. The molecule has 6 nitrogen and oxygen atoms in total. The predicted molar refractivity (Wildman–Crippen MR) is 90.8 cm³/mol. The monoisotopic (exact) mass is 346 g/mol. The SMILES string of the molecule is Cc1nn(Cc2cccc(Cl)c2)cc1C(=O)N1CCC[C@@H]1C(N)=O. The molecule has 2 amide bonds. The van der Waals surface area contributed by atoms with Crippen LogP contribution in [0, 0.1) is 6.92 Å². The molecule has 0 radical (unpaired) electrons. The Morgan fingerprint density at radius 3 is 2.92 bits per heavy atom. The molecule has 0 aliphatic carbocycles. The molecular formula is C17H19ClN4O2. The number of aryl methyl sites for hydroxylation is 1. The second-order valence-electron chi connectivity index (χ2n) is 6.01. The quantitative estimate of drug-likeness (QED) is 0.919. The number of benzene rings is 1. The number of halogens is 1. The number of carbonyl (C=O) groups excluding carboxylic acids is 2. The minimum absolute atomic E-state index is 0.189. The van der Waals surface area contributed by atoms with Crippen LogP contribution >= 0.6 is 11.6 Å². The van der Waals surface area contributed by atoms with Crippen molar-refractivity contribution in [3.8, 4) is 0 Å². The van der Waals surface area contributed by atoms with Crippen LogP contribution in [0.2, 0.25) is 5.02 Å². The van der Waals surface area contributed by atoms with Gasteiger partial charge in [-0.1, -0.05) is 23.7 Å². The van der Waals surface area contributed by atoms with Gasteiger partial charge in [-0.15, -0.1) is 0 Å². The molecule has 1 aromatic carbocycles. The molecule has 3 rings (SSSR count). The number of hydrogen-bond acceptors (Lipinski definition) is 3. The second kappa shape index (κ2) is 6.65. The fraction of sp³-hybridized carbons (Fsp3) is 0.353. The van der Waals surface area contributed by atoms with Crippen molar-refractivity contribution in [1.29, 1.82) is 0 Å². The van der Waals surface area contributed by atoms with Crippen molar-refractivity contribution in [3.63, 3.8) is 0 Å². The summed E-state index contributed by atoms with van der Waals surface area (Å²) in [7, 11) is 0. The number of primary amides is 1. The van der Waals surface area contributed by atoms with Crippen molar-refractivity contribution in [2.75, 3.05) is 6.54 Å². The fourth-order valence-corrected chi connectivity index (χ4v) is 3.30. The van der Waals surface area contributed by atoms with Crippen LogP contribution in [0.4, 0.5) is 0 Å². The maximum atomic E-state index is 12.7. The molecule has 1 saturated heterocycles. The lowest BCUT2D eigenvalue weighted by Crippen LogP contribution is -2.43. The molecule has 2 N–H and O–H groups in total. The molecule has 1 aliphatic heterocycles. The largest absolute Gasteiger partial charge is 0.368 e. The summed E-state index contributed by atoms with van der Waals surface area (Å²) in [4.78, 5) is 25.8. The van der Waals surface area contributed by atoms with Crippen LogP contribution in [0.3, 0.4) is 0 Å². The summed E-state index contributed by atoms with van der Waals surface area (Å²) in [5.74, 6) is -0.643. The van der Waals surface area contributed by atoms with Crippen molar-refractivity contribution >= 4 is 23.4 Å². The normalized spacial score (nSPS) is 17.2. The number of amides is 2. The third kappa shape index (κ3) is 3.28. The standard InChI is InChI=1S/C17H19ClN4O2/c1-11-14(17(24)22-7-3-6-15(22)16(19)23)10-21(20-11)9-12-4-2-5-13(18)8-12/h2,4-5,8,10,15H,3,6-7,9H2,1H3,(H2,19,23)/t15-/m1/s1. The van der Waals surface area contributed by atoms with Gasteiger partial charge >= 0.3 is 0 Å². The van der Waals surface area contributed by atoms with E-state index in [2.05, 4.69) is 5.10 Å². The number of nitrogens with zero attached hydrogens (tertiary/aromatic N) is 3. The van der Waals surface area contributed by atoms with Gasteiger partial charge in [-0.25, -0.2) is 0 Å². The first-order valence-electron chi connectivity index (χ1n) is 7.84. The van der Waals surface area contributed by atoms with Gasteiger partial charge in [0.1, 0.15) is 6.04 Å². The summed E-state index contributed by atoms with van der Waals surface area (Å²) in [6.07, 6.45) is 3.13. The average molecular weight is 347 g/mol. The van der Waals surface area contributed by atoms with Gasteiger partial charge < -0.3 is 10.6 Å². The molecule has 0 saturated carbocycles. The Kier molecular flexibility index (Phi) is 4.57. The molecule has 24 heavy (non-hydrogen) atoms. The van der Waals surface area contributed by atoms with E-state index >= 15 is 0 Å². The van der Waals surface area contributed by atoms with Gasteiger partial charge in [0.05, 0.1) is 17.8 Å². The number of hydrogen-bond donors (Lipinski definition) is 1. The second-order valence-corrected chi connectivity index (χ2v) is 6.45. The van der Waals surface area contributed by atoms with Crippen molar-refractivity contribution < 1.29 is 9.59 Å². The summed E-state index contributed by atoms with van der Waals surface area (Å²) in [5, 5.41) is 5.07. The van der Waals surface area contributed by atoms with Crippen molar-refractivity contribution in [1.82, 2.24) is 14.7 Å². The lowest BCUT2D eigenvalue weighted by molar-refractivity contribution is -0.121. The molecule has 126 valence electrons. The van der Waals surface area contributed by atoms with Crippen LogP contribution in [-0.4, -0.2) is 39.1 Å². The number of rotatable bonds is 4. The third-order valence-corrected chi connectivity index (χ3v) is 4.49. The van der Waals surface area contributed by atoms with Crippen molar-refractivity contribution in [2.45, 2.75) is 32.4 Å². The Balaban J connectivity index is 1.81. The van der Waals surface area contributed by atoms with Gasteiger partial charge in [-0.2, -0.15) is 5.10 Å². The number of carbonyl (C=O) groups is 2. The molecule has 2 aromatic rings. The highest BCUT2D eigenvalue weighted by Gasteiger charge is 2.34. The van der Waals surface area contributed by atoms with Crippen LogP contribution in [0.25, 0.3) is 0 Å². The van der Waals surface area contributed by atoms with Gasteiger partial charge in [-0.05, 0) is 37.5 Å². The predicted octanol–water partition coefficient (Wildman–Crippen LogP) is 1.98. The molecule has 0 spiro atoms. The Hall–Kier alpha value is -2.34. The van der Waals surface area contributed by atoms with Gasteiger partial charge in [0.15, 0.2) is 0 Å². The van der Waals surface area contributed by atoms with E-state index in [1.165, 1.54) is 0 Å². The Labute approximate surface area is 145 Å². The van der Waals surface area contributed by atoms with Gasteiger partial charge in [0, 0.05) is 17.8 Å². The smallest absolute Gasteiger partial charge is 0.258 e. The van der Waals surface area contributed by atoms with Gasteiger partial charge in [0.2, 0.25) is 5.91 Å². The Bertz CT molecular complexity index is 787. The molecule has 7 heteroatoms. The molecule has 1 aliphatic rings. The lowest BCUT2D eigenvalue weighted by atomic mass is 10.2. The fourth-order valence-electron chi connectivity index (χ4n) is 3.09. The van der Waals surface area contributed by atoms with E-state index in [0.29, 0.717) is 35.8 Å². The van der Waals surface area contributed by atoms with Crippen LogP contribution in [0.15, 0.2) is 30.5 Å². The summed E-state index contributed by atoms with van der Waals surface area (Å²) < 4.78 is 1.71. The zero-order valence-electron chi connectivity index (χ0n) is 13.4. The first-order chi connectivity index (χ1) is 11.5. The number of nitrogens with two attached hydrogens (primary N) is 1. The van der Waals surface area contributed by atoms with Gasteiger partial charge in [0.25, 0.3) is 5.91 Å². The molecule has 1 aromatic heterocycles. The van der Waals surface area contributed by atoms with Crippen LogP contribution in [0.5, 0.6) is 0 Å². The van der Waals surface area contributed by atoms with Gasteiger partial charge in [-0.3, -0.25) is 14.3 Å². The zero-order chi connectivity index (χ0) is 17.3. The first-order valence-corrected chi connectivity index (χ1v) is 8.22. The minimum Gasteiger partial charge on any atom is -0.368 e.